The SMILES string of the molecule is COc1ccc(-c2ccccc2NC(=O)[C@H]2CCCN(C3CCCCC3)C2)cc1. The standard InChI is InChI=1S/C25H32N2O2/c1-29-22-15-13-19(14-16-22)23-11-5-6-12-24(23)26-25(28)20-8-7-17-27(18-20)21-9-3-2-4-10-21/h5-6,11-16,20-21H,2-4,7-10,17-18H2,1H3,(H,26,28)/t20-/m0/s1. The molecule has 1 N–H and O–H groups in total. The van der Waals surface area contributed by atoms with Crippen LogP contribution in [0.25, 0.3) is 11.1 Å². The molecule has 2 aromatic rings. The average Bonchev–Trinajstić information content (AvgIpc) is 2.80. The summed E-state index contributed by atoms with van der Waals surface area (Å²) >= 11 is 0. The fourth-order valence-corrected chi connectivity index (χ4v) is 4.85. The summed E-state index contributed by atoms with van der Waals surface area (Å²) in [6, 6.07) is 16.7. The van der Waals surface area contributed by atoms with Crippen LogP contribution in [-0.2, 0) is 4.79 Å². The summed E-state index contributed by atoms with van der Waals surface area (Å²) in [4.78, 5) is 15.7. The third-order valence-corrected chi connectivity index (χ3v) is 6.50. The molecule has 1 saturated heterocycles. The van der Waals surface area contributed by atoms with Crippen LogP contribution in [0.15, 0.2) is 48.5 Å². The van der Waals surface area contributed by atoms with Gasteiger partial charge in [-0.1, -0.05) is 49.6 Å². The first kappa shape index (κ1) is 20.0. The number of para-hydroxylation sites is 1. The van der Waals surface area contributed by atoms with Gasteiger partial charge in [0.25, 0.3) is 0 Å². The van der Waals surface area contributed by atoms with Crippen molar-refractivity contribution in [2.24, 2.45) is 5.92 Å². The number of piperidine rings is 1. The zero-order valence-electron chi connectivity index (χ0n) is 17.4. The van der Waals surface area contributed by atoms with Crippen molar-refractivity contribution in [3.8, 4) is 16.9 Å². The molecule has 0 spiro atoms. The Labute approximate surface area is 174 Å². The highest BCUT2D eigenvalue weighted by Gasteiger charge is 2.30. The summed E-state index contributed by atoms with van der Waals surface area (Å²) in [7, 11) is 1.67. The number of nitrogens with one attached hydrogen (secondary N) is 1. The topological polar surface area (TPSA) is 41.6 Å². The zero-order valence-corrected chi connectivity index (χ0v) is 17.4. The highest BCUT2D eigenvalue weighted by atomic mass is 16.5. The number of methoxy groups -OCH3 is 1. The third-order valence-electron chi connectivity index (χ3n) is 6.50. The Kier molecular flexibility index (Phi) is 6.50. The van der Waals surface area contributed by atoms with Crippen LogP contribution < -0.4 is 10.1 Å². The van der Waals surface area contributed by atoms with E-state index in [9.17, 15) is 4.79 Å². The van der Waals surface area contributed by atoms with Gasteiger partial charge in [0.2, 0.25) is 5.91 Å². The first-order chi connectivity index (χ1) is 14.2. The molecule has 4 nitrogen and oxygen atoms in total. The van der Waals surface area contributed by atoms with Crippen LogP contribution in [0.2, 0.25) is 0 Å². The summed E-state index contributed by atoms with van der Waals surface area (Å²) in [5.74, 6) is 1.07. The number of amides is 1. The Morgan fingerprint density at radius 1 is 0.966 bits per heavy atom. The van der Waals surface area contributed by atoms with Crippen molar-refractivity contribution in [3.63, 3.8) is 0 Å². The minimum Gasteiger partial charge on any atom is -0.497 e. The van der Waals surface area contributed by atoms with Gasteiger partial charge in [-0.3, -0.25) is 9.69 Å². The molecule has 2 fully saturated rings. The van der Waals surface area contributed by atoms with Gasteiger partial charge in [0, 0.05) is 23.8 Å². The first-order valence-corrected chi connectivity index (χ1v) is 11.0. The van der Waals surface area contributed by atoms with E-state index in [1.165, 1.54) is 32.1 Å². The number of carbonyl (C=O) groups excluding carboxylic acids is 1. The quantitative estimate of drug-likeness (QED) is 0.746. The van der Waals surface area contributed by atoms with E-state index in [0.29, 0.717) is 6.04 Å². The molecule has 154 valence electrons. The number of hydrogen-bond donors (Lipinski definition) is 1. The van der Waals surface area contributed by atoms with Crippen molar-refractivity contribution in [2.75, 3.05) is 25.5 Å². The number of likely N-dealkylation sites (tertiary alicyclic amines) is 1. The number of carbonyl (C=O) groups is 1. The lowest BCUT2D eigenvalue weighted by Crippen LogP contribution is -2.46. The lowest BCUT2D eigenvalue weighted by atomic mass is 9.90. The Morgan fingerprint density at radius 2 is 1.72 bits per heavy atom. The van der Waals surface area contributed by atoms with E-state index in [2.05, 4.69) is 16.3 Å². The summed E-state index contributed by atoms with van der Waals surface area (Å²) in [6.07, 6.45) is 8.76. The van der Waals surface area contributed by atoms with Gasteiger partial charge in [-0.25, -0.2) is 0 Å². The molecule has 4 rings (SSSR count). The molecule has 4 heteroatoms. The monoisotopic (exact) mass is 392 g/mol. The van der Waals surface area contributed by atoms with Gasteiger partial charge in [-0.15, -0.1) is 0 Å². The van der Waals surface area contributed by atoms with E-state index in [1.807, 2.05) is 42.5 Å². The molecule has 1 atom stereocenters. The van der Waals surface area contributed by atoms with E-state index in [0.717, 1.165) is 48.5 Å². The number of rotatable bonds is 5. The average molecular weight is 393 g/mol. The van der Waals surface area contributed by atoms with Gasteiger partial charge in [-0.2, -0.15) is 0 Å². The molecule has 0 unspecified atom stereocenters. The van der Waals surface area contributed by atoms with Gasteiger partial charge in [0.15, 0.2) is 0 Å². The summed E-state index contributed by atoms with van der Waals surface area (Å²) in [5, 5.41) is 3.23. The van der Waals surface area contributed by atoms with E-state index in [1.54, 1.807) is 7.11 Å². The first-order valence-electron chi connectivity index (χ1n) is 11.0. The van der Waals surface area contributed by atoms with E-state index in [-0.39, 0.29) is 11.8 Å². The lowest BCUT2D eigenvalue weighted by molar-refractivity contribution is -0.121. The van der Waals surface area contributed by atoms with Crippen LogP contribution >= 0.6 is 0 Å². The van der Waals surface area contributed by atoms with Crippen molar-refractivity contribution < 1.29 is 9.53 Å². The van der Waals surface area contributed by atoms with Gasteiger partial charge in [0.1, 0.15) is 5.75 Å². The van der Waals surface area contributed by atoms with Gasteiger partial charge >= 0.3 is 0 Å². The highest BCUT2D eigenvalue weighted by molar-refractivity contribution is 5.97. The Morgan fingerprint density at radius 3 is 2.48 bits per heavy atom. The van der Waals surface area contributed by atoms with Crippen molar-refractivity contribution >= 4 is 11.6 Å². The van der Waals surface area contributed by atoms with Crippen molar-refractivity contribution in [2.45, 2.75) is 51.0 Å². The molecule has 0 radical (unpaired) electrons. The molecule has 1 aliphatic heterocycles. The smallest absolute Gasteiger partial charge is 0.228 e. The molecular weight excluding hydrogens is 360 g/mol. The Bertz CT molecular complexity index is 812. The molecule has 29 heavy (non-hydrogen) atoms. The Hall–Kier alpha value is -2.33. The maximum atomic E-state index is 13.1. The molecule has 1 saturated carbocycles. The Balaban J connectivity index is 1.45. The molecular formula is C25H32N2O2. The fourth-order valence-electron chi connectivity index (χ4n) is 4.85. The fraction of sp³-hybridized carbons (Fsp3) is 0.480. The minimum atomic E-state index is 0.0783. The zero-order chi connectivity index (χ0) is 20.1. The van der Waals surface area contributed by atoms with Gasteiger partial charge in [-0.05, 0) is 56.0 Å². The number of ether oxygens (including phenoxy) is 1. The lowest BCUT2D eigenvalue weighted by Gasteiger charge is -2.39. The second-order valence-corrected chi connectivity index (χ2v) is 8.39. The third kappa shape index (κ3) is 4.81. The normalized spacial score (nSPS) is 20.9. The largest absolute Gasteiger partial charge is 0.497 e. The number of anilines is 1. The molecule has 0 bridgehead atoms. The molecule has 1 heterocycles. The molecule has 1 aliphatic carbocycles. The number of benzene rings is 2. The molecule has 1 amide bonds. The van der Waals surface area contributed by atoms with Crippen LogP contribution in [0.5, 0.6) is 5.75 Å². The summed E-state index contributed by atoms with van der Waals surface area (Å²) in [6.45, 7) is 2.05. The van der Waals surface area contributed by atoms with Crippen molar-refractivity contribution in [1.29, 1.82) is 0 Å². The molecule has 2 aromatic carbocycles. The highest BCUT2D eigenvalue weighted by Crippen LogP contribution is 2.31. The minimum absolute atomic E-state index is 0.0783. The van der Waals surface area contributed by atoms with Gasteiger partial charge < -0.3 is 10.1 Å². The van der Waals surface area contributed by atoms with Crippen molar-refractivity contribution in [1.82, 2.24) is 4.90 Å². The maximum absolute atomic E-state index is 13.1. The van der Waals surface area contributed by atoms with E-state index >= 15 is 0 Å². The predicted octanol–water partition coefficient (Wildman–Crippen LogP) is 5.35. The van der Waals surface area contributed by atoms with Crippen LogP contribution in [0.1, 0.15) is 44.9 Å². The predicted molar refractivity (Wildman–Crippen MR) is 118 cm³/mol. The van der Waals surface area contributed by atoms with Crippen LogP contribution in [0.4, 0.5) is 5.69 Å². The van der Waals surface area contributed by atoms with Crippen molar-refractivity contribution in [3.05, 3.63) is 48.5 Å². The summed E-state index contributed by atoms with van der Waals surface area (Å²) < 4.78 is 5.26. The maximum Gasteiger partial charge on any atom is 0.228 e. The number of hydrogen-bond acceptors (Lipinski definition) is 3. The van der Waals surface area contributed by atoms with E-state index < -0.39 is 0 Å². The number of nitrogens with zero attached hydrogens (tertiary/aromatic N) is 1. The van der Waals surface area contributed by atoms with E-state index in [4.69, 9.17) is 4.74 Å². The molecule has 2 aliphatic rings. The second-order valence-electron chi connectivity index (χ2n) is 8.39. The van der Waals surface area contributed by atoms with Gasteiger partial charge in [0.05, 0.1) is 13.0 Å². The van der Waals surface area contributed by atoms with Crippen LogP contribution in [0, 0.1) is 5.92 Å². The van der Waals surface area contributed by atoms with Crippen LogP contribution in [-0.4, -0.2) is 37.0 Å². The summed E-state index contributed by atoms with van der Waals surface area (Å²) in [5.41, 5.74) is 3.01. The second kappa shape index (κ2) is 9.45. The van der Waals surface area contributed by atoms with Crippen LogP contribution in [0.3, 0.4) is 0 Å². The molecule has 0 aromatic heterocycles.